The Balaban J connectivity index is 2.56. The number of hydrogen-bond acceptors (Lipinski definition) is 1. The monoisotopic (exact) mass is 189 g/mol. The standard InChI is InChI=1S/C9H10F3N/c10-3-4-13-6-7-1-2-8(11)5-9(7)12/h1-2,5,13H,3-4,6H2. The molecule has 0 aliphatic carbocycles. The minimum absolute atomic E-state index is 0.177. The van der Waals surface area contributed by atoms with Gasteiger partial charge in [-0.3, -0.25) is 0 Å². The Hall–Kier alpha value is -1.03. The minimum atomic E-state index is -0.605. The average molecular weight is 189 g/mol. The molecule has 0 aromatic heterocycles. The van der Waals surface area contributed by atoms with Gasteiger partial charge in [-0.15, -0.1) is 0 Å². The average Bonchev–Trinajstić information content (AvgIpc) is 2.09. The third-order valence-corrected chi connectivity index (χ3v) is 1.60. The summed E-state index contributed by atoms with van der Waals surface area (Å²) in [7, 11) is 0. The Kier molecular flexibility index (Phi) is 3.76. The maximum absolute atomic E-state index is 12.9. The van der Waals surface area contributed by atoms with E-state index in [1.807, 2.05) is 0 Å². The highest BCUT2D eigenvalue weighted by Crippen LogP contribution is 2.08. The molecule has 0 atom stereocenters. The lowest BCUT2D eigenvalue weighted by Gasteiger charge is -2.03. The lowest BCUT2D eigenvalue weighted by atomic mass is 10.2. The topological polar surface area (TPSA) is 12.0 Å². The van der Waals surface area contributed by atoms with Crippen LogP contribution in [-0.2, 0) is 6.54 Å². The van der Waals surface area contributed by atoms with Crippen molar-refractivity contribution in [3.8, 4) is 0 Å². The molecule has 0 bridgehead atoms. The van der Waals surface area contributed by atoms with Gasteiger partial charge >= 0.3 is 0 Å². The van der Waals surface area contributed by atoms with E-state index < -0.39 is 18.3 Å². The molecule has 0 heterocycles. The molecule has 0 amide bonds. The lowest BCUT2D eigenvalue weighted by molar-refractivity contribution is 0.463. The van der Waals surface area contributed by atoms with E-state index in [0.29, 0.717) is 5.56 Å². The highest BCUT2D eigenvalue weighted by molar-refractivity contribution is 5.18. The van der Waals surface area contributed by atoms with Gasteiger partial charge in [-0.05, 0) is 6.07 Å². The van der Waals surface area contributed by atoms with Crippen molar-refractivity contribution in [2.24, 2.45) is 0 Å². The number of rotatable bonds is 4. The minimum Gasteiger partial charge on any atom is -0.310 e. The summed E-state index contributed by atoms with van der Waals surface area (Å²) in [6.45, 7) is -0.102. The van der Waals surface area contributed by atoms with Gasteiger partial charge in [0, 0.05) is 24.7 Å². The summed E-state index contributed by atoms with van der Waals surface area (Å²) >= 11 is 0. The molecule has 1 N–H and O–H groups in total. The Labute approximate surface area is 74.6 Å². The number of nitrogens with one attached hydrogen (secondary N) is 1. The van der Waals surface area contributed by atoms with Crippen LogP contribution in [0.15, 0.2) is 18.2 Å². The molecule has 0 aliphatic heterocycles. The van der Waals surface area contributed by atoms with Gasteiger partial charge in [-0.1, -0.05) is 6.07 Å². The second-order valence-electron chi connectivity index (χ2n) is 2.60. The van der Waals surface area contributed by atoms with Gasteiger partial charge in [0.2, 0.25) is 0 Å². The maximum atomic E-state index is 12.9. The summed E-state index contributed by atoms with van der Waals surface area (Å²) in [4.78, 5) is 0. The molecule has 1 aromatic rings. The zero-order valence-corrected chi connectivity index (χ0v) is 6.99. The van der Waals surface area contributed by atoms with Crippen molar-refractivity contribution in [1.29, 1.82) is 0 Å². The van der Waals surface area contributed by atoms with Crippen molar-refractivity contribution in [2.45, 2.75) is 6.54 Å². The molecule has 0 saturated carbocycles. The van der Waals surface area contributed by atoms with Crippen LogP contribution >= 0.6 is 0 Å². The van der Waals surface area contributed by atoms with E-state index >= 15 is 0 Å². The normalized spacial score (nSPS) is 10.4. The molecular weight excluding hydrogens is 179 g/mol. The fourth-order valence-electron chi connectivity index (χ4n) is 0.955. The van der Waals surface area contributed by atoms with Crippen LogP contribution in [0.4, 0.5) is 13.2 Å². The predicted molar refractivity (Wildman–Crippen MR) is 44.0 cm³/mol. The summed E-state index contributed by atoms with van der Waals surface area (Å²) in [5, 5.41) is 2.67. The van der Waals surface area contributed by atoms with Crippen LogP contribution in [0, 0.1) is 11.6 Å². The molecule has 0 aliphatic rings. The number of halogens is 3. The molecule has 4 heteroatoms. The maximum Gasteiger partial charge on any atom is 0.130 e. The van der Waals surface area contributed by atoms with Crippen molar-refractivity contribution >= 4 is 0 Å². The van der Waals surface area contributed by atoms with E-state index in [4.69, 9.17) is 0 Å². The molecule has 0 fully saturated rings. The van der Waals surface area contributed by atoms with Crippen LogP contribution in [0.5, 0.6) is 0 Å². The van der Waals surface area contributed by atoms with Crippen molar-refractivity contribution in [3.63, 3.8) is 0 Å². The summed E-state index contributed by atoms with van der Waals surface area (Å²) in [6.07, 6.45) is 0. The molecule has 0 unspecified atom stereocenters. The van der Waals surface area contributed by atoms with E-state index in [1.165, 1.54) is 12.1 Å². The molecule has 13 heavy (non-hydrogen) atoms. The molecule has 1 nitrogen and oxygen atoms in total. The van der Waals surface area contributed by atoms with E-state index in [-0.39, 0.29) is 13.1 Å². The Morgan fingerprint density at radius 2 is 2.00 bits per heavy atom. The molecule has 0 saturated heterocycles. The first-order valence-corrected chi connectivity index (χ1v) is 3.94. The van der Waals surface area contributed by atoms with Gasteiger partial charge in [0.25, 0.3) is 0 Å². The van der Waals surface area contributed by atoms with Crippen LogP contribution in [0.1, 0.15) is 5.56 Å². The molecular formula is C9H10F3N. The number of hydrogen-bond donors (Lipinski definition) is 1. The molecule has 72 valence electrons. The van der Waals surface area contributed by atoms with Gasteiger partial charge in [0.05, 0.1) is 0 Å². The third-order valence-electron chi connectivity index (χ3n) is 1.60. The van der Waals surface area contributed by atoms with Crippen LogP contribution in [0.2, 0.25) is 0 Å². The molecule has 0 radical (unpaired) electrons. The Morgan fingerprint density at radius 3 is 2.62 bits per heavy atom. The first-order chi connectivity index (χ1) is 6.24. The van der Waals surface area contributed by atoms with Crippen molar-refractivity contribution in [2.75, 3.05) is 13.2 Å². The van der Waals surface area contributed by atoms with Crippen LogP contribution in [0.25, 0.3) is 0 Å². The highest BCUT2D eigenvalue weighted by atomic mass is 19.1. The summed E-state index contributed by atoms with van der Waals surface area (Å²) in [5.41, 5.74) is 0.342. The quantitative estimate of drug-likeness (QED) is 0.714. The largest absolute Gasteiger partial charge is 0.310 e. The smallest absolute Gasteiger partial charge is 0.130 e. The van der Waals surface area contributed by atoms with E-state index in [0.717, 1.165) is 6.07 Å². The highest BCUT2D eigenvalue weighted by Gasteiger charge is 2.02. The second-order valence-corrected chi connectivity index (χ2v) is 2.60. The Morgan fingerprint density at radius 1 is 1.23 bits per heavy atom. The summed E-state index contributed by atoms with van der Waals surface area (Å²) in [5.74, 6) is -1.21. The second kappa shape index (κ2) is 4.87. The summed E-state index contributed by atoms with van der Waals surface area (Å²) in [6, 6.07) is 3.33. The van der Waals surface area contributed by atoms with Crippen LogP contribution in [-0.4, -0.2) is 13.2 Å². The van der Waals surface area contributed by atoms with Crippen LogP contribution < -0.4 is 5.32 Å². The van der Waals surface area contributed by atoms with E-state index in [2.05, 4.69) is 5.32 Å². The van der Waals surface area contributed by atoms with Gasteiger partial charge in [-0.25, -0.2) is 13.2 Å². The van der Waals surface area contributed by atoms with Crippen molar-refractivity contribution in [3.05, 3.63) is 35.4 Å². The summed E-state index contributed by atoms with van der Waals surface area (Å²) < 4.78 is 37.0. The van der Waals surface area contributed by atoms with Gasteiger partial charge in [0.1, 0.15) is 18.3 Å². The lowest BCUT2D eigenvalue weighted by Crippen LogP contribution is -2.16. The van der Waals surface area contributed by atoms with Gasteiger partial charge in [0.15, 0.2) is 0 Å². The molecule has 0 spiro atoms. The van der Waals surface area contributed by atoms with E-state index in [1.54, 1.807) is 0 Å². The number of alkyl halides is 1. The van der Waals surface area contributed by atoms with Crippen molar-refractivity contribution < 1.29 is 13.2 Å². The molecule has 1 rings (SSSR count). The first-order valence-electron chi connectivity index (χ1n) is 3.94. The van der Waals surface area contributed by atoms with Crippen molar-refractivity contribution in [1.82, 2.24) is 5.32 Å². The SMILES string of the molecule is FCCNCc1ccc(F)cc1F. The fourth-order valence-corrected chi connectivity index (χ4v) is 0.955. The predicted octanol–water partition coefficient (Wildman–Crippen LogP) is 2.02. The van der Waals surface area contributed by atoms with Gasteiger partial charge in [-0.2, -0.15) is 0 Å². The Bertz CT molecular complexity index is 276. The molecule has 1 aromatic carbocycles. The fraction of sp³-hybridized carbons (Fsp3) is 0.333. The number of benzene rings is 1. The first kappa shape index (κ1) is 10.1. The van der Waals surface area contributed by atoms with Crippen LogP contribution in [0.3, 0.4) is 0 Å². The zero-order chi connectivity index (χ0) is 9.68. The zero-order valence-electron chi connectivity index (χ0n) is 6.99. The van der Waals surface area contributed by atoms with Gasteiger partial charge < -0.3 is 5.32 Å². The third kappa shape index (κ3) is 3.06. The van der Waals surface area contributed by atoms with E-state index in [9.17, 15) is 13.2 Å².